The van der Waals surface area contributed by atoms with Crippen molar-refractivity contribution < 1.29 is 0 Å². The fourth-order valence-electron chi connectivity index (χ4n) is 1.69. The van der Waals surface area contributed by atoms with Crippen molar-refractivity contribution in [3.63, 3.8) is 0 Å². The van der Waals surface area contributed by atoms with Crippen LogP contribution in [0.25, 0.3) is 0 Å². The van der Waals surface area contributed by atoms with E-state index in [2.05, 4.69) is 37.7 Å². The molecule has 0 aliphatic rings. The van der Waals surface area contributed by atoms with E-state index in [9.17, 15) is 0 Å². The van der Waals surface area contributed by atoms with E-state index in [4.69, 9.17) is 0 Å². The molecule has 0 radical (unpaired) electrons. The van der Waals surface area contributed by atoms with Gasteiger partial charge in [0, 0.05) is 24.5 Å². The Labute approximate surface area is 93.2 Å². The van der Waals surface area contributed by atoms with E-state index >= 15 is 0 Å². The minimum absolute atomic E-state index is 0.412. The third-order valence-electron chi connectivity index (χ3n) is 2.74. The van der Waals surface area contributed by atoms with E-state index in [1.54, 1.807) is 12.4 Å². The highest BCUT2D eigenvalue weighted by molar-refractivity contribution is 5.02. The van der Waals surface area contributed by atoms with E-state index in [1.807, 2.05) is 6.20 Å². The molecule has 0 aliphatic heterocycles. The smallest absolute Gasteiger partial charge is 0.0617 e. The van der Waals surface area contributed by atoms with Crippen LogP contribution in [0.3, 0.4) is 0 Å². The summed E-state index contributed by atoms with van der Waals surface area (Å²) in [5.41, 5.74) is 1.56. The Morgan fingerprint density at radius 3 is 2.47 bits per heavy atom. The summed E-state index contributed by atoms with van der Waals surface area (Å²) in [6, 6.07) is 0. The largest absolute Gasteiger partial charge is 0.261 e. The third-order valence-corrected chi connectivity index (χ3v) is 2.74. The van der Waals surface area contributed by atoms with Gasteiger partial charge in [-0.05, 0) is 24.7 Å². The van der Waals surface area contributed by atoms with Crippen LogP contribution in [-0.2, 0) is 0 Å². The van der Waals surface area contributed by atoms with Gasteiger partial charge in [0.05, 0.1) is 5.69 Å². The number of hydrogen-bond acceptors (Lipinski definition) is 2. The Hall–Kier alpha value is -0.920. The topological polar surface area (TPSA) is 25.8 Å². The summed E-state index contributed by atoms with van der Waals surface area (Å²) in [5, 5.41) is 0. The van der Waals surface area contributed by atoms with Gasteiger partial charge in [0.2, 0.25) is 0 Å². The lowest BCUT2D eigenvalue weighted by atomic mass is 9.85. The number of hydrogen-bond donors (Lipinski definition) is 0. The van der Waals surface area contributed by atoms with Gasteiger partial charge in [-0.1, -0.05) is 27.7 Å². The molecular weight excluding hydrogens is 184 g/mol. The average molecular weight is 206 g/mol. The van der Waals surface area contributed by atoms with Gasteiger partial charge >= 0.3 is 0 Å². The van der Waals surface area contributed by atoms with Crippen molar-refractivity contribution in [3.8, 4) is 0 Å². The highest BCUT2D eigenvalue weighted by atomic mass is 14.8. The monoisotopic (exact) mass is 206 g/mol. The minimum Gasteiger partial charge on any atom is -0.261 e. The molecule has 0 fully saturated rings. The van der Waals surface area contributed by atoms with Crippen molar-refractivity contribution in [2.45, 2.75) is 52.9 Å². The van der Waals surface area contributed by atoms with Gasteiger partial charge in [-0.15, -0.1) is 0 Å². The minimum atomic E-state index is 0.412. The maximum Gasteiger partial charge on any atom is 0.0617 e. The van der Waals surface area contributed by atoms with Crippen LogP contribution < -0.4 is 0 Å². The molecule has 0 N–H and O–H groups in total. The van der Waals surface area contributed by atoms with Gasteiger partial charge in [-0.25, -0.2) is 0 Å². The van der Waals surface area contributed by atoms with E-state index in [-0.39, 0.29) is 0 Å². The van der Waals surface area contributed by atoms with Crippen molar-refractivity contribution in [1.82, 2.24) is 9.97 Å². The van der Waals surface area contributed by atoms with Gasteiger partial charge in [0.1, 0.15) is 0 Å². The van der Waals surface area contributed by atoms with Gasteiger partial charge in [-0.2, -0.15) is 0 Å². The van der Waals surface area contributed by atoms with Crippen LogP contribution in [0.4, 0.5) is 0 Å². The zero-order chi connectivity index (χ0) is 11.3. The van der Waals surface area contributed by atoms with Crippen molar-refractivity contribution in [3.05, 3.63) is 24.3 Å². The Balaban J connectivity index is 2.58. The molecule has 1 atom stereocenters. The molecule has 0 saturated carbocycles. The fraction of sp³-hybridized carbons (Fsp3) is 0.692. The van der Waals surface area contributed by atoms with E-state index in [1.165, 1.54) is 12.8 Å². The second-order valence-electron chi connectivity index (χ2n) is 5.33. The van der Waals surface area contributed by atoms with Crippen LogP contribution in [0.2, 0.25) is 0 Å². The Morgan fingerprint density at radius 1 is 1.27 bits per heavy atom. The molecule has 0 aromatic carbocycles. The van der Waals surface area contributed by atoms with Gasteiger partial charge in [0.25, 0.3) is 0 Å². The van der Waals surface area contributed by atoms with Gasteiger partial charge < -0.3 is 0 Å². The molecular formula is C13H22N2. The molecule has 0 spiro atoms. The van der Waals surface area contributed by atoms with Crippen molar-refractivity contribution in [2.24, 2.45) is 5.41 Å². The Bertz CT molecular complexity index is 274. The number of rotatable bonds is 4. The molecule has 2 nitrogen and oxygen atoms in total. The Morgan fingerprint density at radius 2 is 2.00 bits per heavy atom. The van der Waals surface area contributed by atoms with Gasteiger partial charge in [0.15, 0.2) is 0 Å². The molecule has 1 rings (SSSR count). The molecule has 1 heterocycles. The molecule has 0 aliphatic carbocycles. The Kier molecular flexibility index (Phi) is 4.25. The van der Waals surface area contributed by atoms with Crippen LogP contribution in [0.15, 0.2) is 18.6 Å². The summed E-state index contributed by atoms with van der Waals surface area (Å²) in [5.74, 6) is 0.568. The van der Waals surface area contributed by atoms with E-state index < -0.39 is 0 Å². The lowest BCUT2D eigenvalue weighted by Gasteiger charge is -2.21. The summed E-state index contributed by atoms with van der Waals surface area (Å²) in [7, 11) is 0. The lowest BCUT2D eigenvalue weighted by molar-refractivity contribution is 0.344. The maximum absolute atomic E-state index is 4.39. The van der Waals surface area contributed by atoms with Crippen LogP contribution in [0, 0.1) is 5.41 Å². The molecule has 0 bridgehead atoms. The first-order chi connectivity index (χ1) is 7.03. The zero-order valence-electron chi connectivity index (χ0n) is 10.3. The average Bonchev–Trinajstić information content (AvgIpc) is 2.19. The molecule has 15 heavy (non-hydrogen) atoms. The molecule has 1 unspecified atom stereocenters. The van der Waals surface area contributed by atoms with Crippen LogP contribution in [-0.4, -0.2) is 9.97 Å². The van der Waals surface area contributed by atoms with Crippen LogP contribution in [0.5, 0.6) is 0 Å². The van der Waals surface area contributed by atoms with Crippen LogP contribution in [0.1, 0.15) is 58.6 Å². The molecule has 1 aromatic rings. The molecule has 1 aromatic heterocycles. The second kappa shape index (κ2) is 5.24. The summed E-state index contributed by atoms with van der Waals surface area (Å²) in [6.45, 7) is 9.09. The first kappa shape index (κ1) is 12.2. The fourth-order valence-corrected chi connectivity index (χ4v) is 1.69. The van der Waals surface area contributed by atoms with E-state index in [0.29, 0.717) is 11.3 Å². The molecule has 84 valence electrons. The molecule has 2 heteroatoms. The molecule has 0 saturated heterocycles. The highest BCUT2D eigenvalue weighted by Gasteiger charge is 2.16. The normalized spacial score (nSPS) is 13.9. The zero-order valence-corrected chi connectivity index (χ0v) is 10.3. The van der Waals surface area contributed by atoms with E-state index in [0.717, 1.165) is 12.1 Å². The van der Waals surface area contributed by atoms with Gasteiger partial charge in [-0.3, -0.25) is 9.97 Å². The standard InChI is InChI=1S/C13H22N2/c1-5-11(6-7-13(2,3)4)12-10-14-8-9-15-12/h8-11H,5-7H2,1-4H3. The van der Waals surface area contributed by atoms with Crippen molar-refractivity contribution >= 4 is 0 Å². The summed E-state index contributed by atoms with van der Waals surface area (Å²) >= 11 is 0. The lowest BCUT2D eigenvalue weighted by Crippen LogP contribution is -2.09. The quantitative estimate of drug-likeness (QED) is 0.749. The van der Waals surface area contributed by atoms with Crippen LogP contribution >= 0.6 is 0 Å². The summed E-state index contributed by atoms with van der Waals surface area (Å²) in [6.07, 6.45) is 9.02. The molecule has 0 amide bonds. The number of nitrogens with zero attached hydrogens (tertiary/aromatic N) is 2. The number of aromatic nitrogens is 2. The summed E-state index contributed by atoms with van der Waals surface area (Å²) in [4.78, 5) is 8.52. The van der Waals surface area contributed by atoms with Crippen molar-refractivity contribution in [2.75, 3.05) is 0 Å². The third kappa shape index (κ3) is 4.41. The predicted molar refractivity (Wildman–Crippen MR) is 63.8 cm³/mol. The summed E-state index contributed by atoms with van der Waals surface area (Å²) < 4.78 is 0. The maximum atomic E-state index is 4.39. The first-order valence-electron chi connectivity index (χ1n) is 5.79. The predicted octanol–water partition coefficient (Wildman–Crippen LogP) is 3.80. The van der Waals surface area contributed by atoms with Crippen molar-refractivity contribution in [1.29, 1.82) is 0 Å². The second-order valence-corrected chi connectivity index (χ2v) is 5.33. The first-order valence-corrected chi connectivity index (χ1v) is 5.79. The SMILES string of the molecule is CCC(CCC(C)(C)C)c1cnccn1. The highest BCUT2D eigenvalue weighted by Crippen LogP contribution is 2.29.